The van der Waals surface area contributed by atoms with Crippen LogP contribution in [0, 0.1) is 0 Å². The second kappa shape index (κ2) is 7.99. The van der Waals surface area contributed by atoms with Gasteiger partial charge < -0.3 is 15.7 Å². The molecular formula is C20H16F3N3O2. The first-order valence-corrected chi connectivity index (χ1v) is 8.29. The maximum Gasteiger partial charge on any atom is 0.416 e. The molecule has 3 aromatic rings. The third-order valence-electron chi connectivity index (χ3n) is 3.96. The van der Waals surface area contributed by atoms with Crippen LogP contribution in [0.2, 0.25) is 0 Å². The van der Waals surface area contributed by atoms with Crippen molar-refractivity contribution in [1.29, 1.82) is 0 Å². The number of hydrogen-bond acceptors (Lipinski definition) is 4. The van der Waals surface area contributed by atoms with Gasteiger partial charge in [-0.2, -0.15) is 13.2 Å². The molecule has 0 saturated carbocycles. The largest absolute Gasteiger partial charge is 0.508 e. The van der Waals surface area contributed by atoms with E-state index in [1.165, 1.54) is 18.3 Å². The van der Waals surface area contributed by atoms with Crippen LogP contribution in [0.4, 0.5) is 24.7 Å². The molecule has 0 aliphatic heterocycles. The molecule has 0 spiro atoms. The molecule has 1 aromatic heterocycles. The number of rotatable bonds is 5. The molecule has 0 bridgehead atoms. The van der Waals surface area contributed by atoms with Crippen molar-refractivity contribution < 1.29 is 23.1 Å². The number of nitrogens with zero attached hydrogens (tertiary/aromatic N) is 1. The van der Waals surface area contributed by atoms with Crippen LogP contribution in [0.25, 0.3) is 0 Å². The molecule has 5 nitrogen and oxygen atoms in total. The first-order chi connectivity index (χ1) is 13.3. The average Bonchev–Trinajstić information content (AvgIpc) is 2.67. The summed E-state index contributed by atoms with van der Waals surface area (Å²) in [7, 11) is 0. The predicted octanol–water partition coefficient (Wildman–Crippen LogP) is 4.67. The molecule has 0 aliphatic rings. The van der Waals surface area contributed by atoms with Gasteiger partial charge in [0.25, 0.3) is 5.91 Å². The Morgan fingerprint density at radius 3 is 2.39 bits per heavy atom. The van der Waals surface area contributed by atoms with Crippen LogP contribution < -0.4 is 10.6 Å². The molecule has 28 heavy (non-hydrogen) atoms. The van der Waals surface area contributed by atoms with Crippen molar-refractivity contribution in [3.05, 3.63) is 83.6 Å². The van der Waals surface area contributed by atoms with Crippen molar-refractivity contribution in [2.75, 3.05) is 10.6 Å². The van der Waals surface area contributed by atoms with Gasteiger partial charge in [-0.05, 0) is 42.5 Å². The summed E-state index contributed by atoms with van der Waals surface area (Å²) in [6, 6.07) is 14.0. The number of nitrogens with one attached hydrogen (secondary N) is 2. The number of phenols is 1. The summed E-state index contributed by atoms with van der Waals surface area (Å²) in [6.45, 7) is 0.240. The number of phenolic OH excluding ortho intramolecular Hbond substituents is 1. The third-order valence-corrected chi connectivity index (χ3v) is 3.96. The van der Waals surface area contributed by atoms with Gasteiger partial charge in [0.2, 0.25) is 0 Å². The van der Waals surface area contributed by atoms with Gasteiger partial charge in [0.05, 0.1) is 11.1 Å². The Bertz CT molecular complexity index is 973. The van der Waals surface area contributed by atoms with E-state index in [0.29, 0.717) is 5.56 Å². The Morgan fingerprint density at radius 1 is 1.00 bits per heavy atom. The Kier molecular flexibility index (Phi) is 5.49. The van der Waals surface area contributed by atoms with Crippen molar-refractivity contribution in [1.82, 2.24) is 4.98 Å². The number of alkyl halides is 3. The number of para-hydroxylation sites is 1. The van der Waals surface area contributed by atoms with Crippen LogP contribution in [-0.2, 0) is 12.7 Å². The van der Waals surface area contributed by atoms with E-state index in [4.69, 9.17) is 0 Å². The van der Waals surface area contributed by atoms with Crippen LogP contribution in [-0.4, -0.2) is 16.0 Å². The molecular weight excluding hydrogens is 371 g/mol. The van der Waals surface area contributed by atoms with Gasteiger partial charge in [0.15, 0.2) is 0 Å². The van der Waals surface area contributed by atoms with Crippen molar-refractivity contribution in [2.45, 2.75) is 12.7 Å². The Morgan fingerprint density at radius 2 is 1.71 bits per heavy atom. The molecule has 2 aromatic carbocycles. The van der Waals surface area contributed by atoms with E-state index < -0.39 is 17.6 Å². The highest BCUT2D eigenvalue weighted by Crippen LogP contribution is 2.30. The maximum absolute atomic E-state index is 12.6. The molecule has 1 amide bonds. The second-order valence-electron chi connectivity index (χ2n) is 5.91. The maximum atomic E-state index is 12.6. The quantitative estimate of drug-likeness (QED) is 0.595. The summed E-state index contributed by atoms with van der Waals surface area (Å²) in [6.07, 6.45) is -2.94. The normalized spacial score (nSPS) is 11.1. The minimum Gasteiger partial charge on any atom is -0.508 e. The molecule has 0 unspecified atom stereocenters. The van der Waals surface area contributed by atoms with Crippen molar-refractivity contribution in [3.63, 3.8) is 0 Å². The third kappa shape index (κ3) is 4.59. The average molecular weight is 387 g/mol. The number of pyridine rings is 1. The summed E-state index contributed by atoms with van der Waals surface area (Å²) in [5.74, 6) is -0.121. The summed E-state index contributed by atoms with van der Waals surface area (Å²) in [5.41, 5.74) is 0.283. The lowest BCUT2D eigenvalue weighted by atomic mass is 10.1. The van der Waals surface area contributed by atoms with Crippen LogP contribution in [0.3, 0.4) is 0 Å². The number of carbonyl (C=O) groups is 1. The Hall–Kier alpha value is -3.55. The predicted molar refractivity (Wildman–Crippen MR) is 99.1 cm³/mol. The highest BCUT2D eigenvalue weighted by molar-refractivity contribution is 6.07. The van der Waals surface area contributed by atoms with Crippen LogP contribution >= 0.6 is 0 Å². The van der Waals surface area contributed by atoms with E-state index in [-0.39, 0.29) is 29.4 Å². The van der Waals surface area contributed by atoms with Gasteiger partial charge in [0.1, 0.15) is 11.6 Å². The summed E-state index contributed by atoms with van der Waals surface area (Å²) in [4.78, 5) is 16.7. The molecule has 0 fully saturated rings. The Balaban J connectivity index is 1.73. The van der Waals surface area contributed by atoms with Gasteiger partial charge in [0, 0.05) is 24.0 Å². The van der Waals surface area contributed by atoms with E-state index in [1.807, 2.05) is 0 Å². The Labute approximate surface area is 158 Å². The number of hydrogen-bond donors (Lipinski definition) is 3. The molecule has 0 saturated heterocycles. The van der Waals surface area contributed by atoms with E-state index >= 15 is 0 Å². The van der Waals surface area contributed by atoms with Crippen LogP contribution in [0.1, 0.15) is 21.5 Å². The zero-order valence-electron chi connectivity index (χ0n) is 14.5. The second-order valence-corrected chi connectivity index (χ2v) is 5.91. The number of benzene rings is 2. The molecule has 3 rings (SSSR count). The number of anilines is 2. The molecule has 8 heteroatoms. The van der Waals surface area contributed by atoms with E-state index in [1.54, 1.807) is 36.4 Å². The number of halogens is 3. The van der Waals surface area contributed by atoms with Gasteiger partial charge in [-0.1, -0.05) is 18.2 Å². The molecule has 1 heterocycles. The molecule has 3 N–H and O–H groups in total. The first-order valence-electron chi connectivity index (χ1n) is 8.29. The SMILES string of the molecule is O=C(Nc1ccc(C(F)(F)F)cc1)c1cccnc1NCc1ccccc1O. The number of aromatic hydroxyl groups is 1. The fourth-order valence-electron chi connectivity index (χ4n) is 2.51. The van der Waals surface area contributed by atoms with E-state index in [0.717, 1.165) is 12.1 Å². The van der Waals surface area contributed by atoms with Gasteiger partial charge in [-0.25, -0.2) is 4.98 Å². The zero-order chi connectivity index (χ0) is 20.1. The minimum atomic E-state index is -4.44. The number of amides is 1. The molecule has 0 aliphatic carbocycles. The van der Waals surface area contributed by atoms with Crippen LogP contribution in [0.15, 0.2) is 66.9 Å². The van der Waals surface area contributed by atoms with Gasteiger partial charge >= 0.3 is 6.18 Å². The van der Waals surface area contributed by atoms with Crippen molar-refractivity contribution in [2.24, 2.45) is 0 Å². The van der Waals surface area contributed by atoms with E-state index in [9.17, 15) is 23.1 Å². The molecule has 0 radical (unpaired) electrons. The topological polar surface area (TPSA) is 74.2 Å². The summed E-state index contributed by atoms with van der Waals surface area (Å²) >= 11 is 0. The lowest BCUT2D eigenvalue weighted by molar-refractivity contribution is -0.137. The summed E-state index contributed by atoms with van der Waals surface area (Å²) in [5, 5.41) is 15.4. The number of aromatic nitrogens is 1. The summed E-state index contributed by atoms with van der Waals surface area (Å²) < 4.78 is 37.9. The highest BCUT2D eigenvalue weighted by Gasteiger charge is 2.30. The van der Waals surface area contributed by atoms with Crippen LogP contribution in [0.5, 0.6) is 5.75 Å². The fourth-order valence-corrected chi connectivity index (χ4v) is 2.51. The van der Waals surface area contributed by atoms with Crippen molar-refractivity contribution in [3.8, 4) is 5.75 Å². The van der Waals surface area contributed by atoms with E-state index in [2.05, 4.69) is 15.6 Å². The first kappa shape index (κ1) is 19.2. The zero-order valence-corrected chi connectivity index (χ0v) is 14.5. The molecule has 144 valence electrons. The fraction of sp³-hybridized carbons (Fsp3) is 0.100. The molecule has 0 atom stereocenters. The van der Waals surface area contributed by atoms with Gasteiger partial charge in [-0.3, -0.25) is 4.79 Å². The lowest BCUT2D eigenvalue weighted by Gasteiger charge is -2.12. The van der Waals surface area contributed by atoms with Crippen molar-refractivity contribution >= 4 is 17.4 Å². The van der Waals surface area contributed by atoms with Gasteiger partial charge in [-0.15, -0.1) is 0 Å². The lowest BCUT2D eigenvalue weighted by Crippen LogP contribution is -2.16. The standard InChI is InChI=1S/C20H16F3N3O2/c21-20(22,23)14-7-9-15(10-8-14)26-19(28)16-5-3-11-24-18(16)25-12-13-4-1-2-6-17(13)27/h1-11,27H,12H2,(H,24,25)(H,26,28). The smallest absolute Gasteiger partial charge is 0.416 e. The monoisotopic (exact) mass is 387 g/mol. The highest BCUT2D eigenvalue weighted by atomic mass is 19.4. The minimum absolute atomic E-state index is 0.113. The number of carbonyl (C=O) groups excluding carboxylic acids is 1.